The summed E-state index contributed by atoms with van der Waals surface area (Å²) >= 11 is 0. The molecule has 2 aromatic carbocycles. The third-order valence-corrected chi connectivity index (χ3v) is 3.37. The zero-order valence-electron chi connectivity index (χ0n) is 13.2. The van der Waals surface area contributed by atoms with Gasteiger partial charge in [-0.15, -0.1) is 0 Å². The van der Waals surface area contributed by atoms with Crippen LogP contribution in [0.25, 0.3) is 0 Å². The van der Waals surface area contributed by atoms with Gasteiger partial charge >= 0.3 is 6.03 Å². The van der Waals surface area contributed by atoms with Crippen molar-refractivity contribution in [2.75, 3.05) is 20.2 Å². The lowest BCUT2D eigenvalue weighted by atomic mass is 10.1. The molecule has 0 saturated heterocycles. The summed E-state index contributed by atoms with van der Waals surface area (Å²) in [6, 6.07) is 17.4. The molecule has 23 heavy (non-hydrogen) atoms. The number of para-hydroxylation sites is 1. The Balaban J connectivity index is 1.86. The zero-order chi connectivity index (χ0) is 16.5. The van der Waals surface area contributed by atoms with Crippen LogP contribution in [-0.4, -0.2) is 36.2 Å². The number of carbonyl (C=O) groups excluding carboxylic acids is 1. The van der Waals surface area contributed by atoms with Gasteiger partial charge in [0.2, 0.25) is 0 Å². The second kappa shape index (κ2) is 8.80. The van der Waals surface area contributed by atoms with Gasteiger partial charge in [-0.05, 0) is 23.3 Å². The number of amides is 2. The number of carbonyl (C=O) groups is 1. The van der Waals surface area contributed by atoms with Gasteiger partial charge in [0.05, 0.1) is 6.61 Å². The molecule has 0 bridgehead atoms. The van der Waals surface area contributed by atoms with Crippen LogP contribution >= 0.6 is 0 Å². The highest BCUT2D eigenvalue weighted by atomic mass is 16.5. The number of nitrogens with zero attached hydrogens (tertiary/aromatic N) is 1. The summed E-state index contributed by atoms with van der Waals surface area (Å²) in [5, 5.41) is 11.6. The molecule has 0 aromatic heterocycles. The summed E-state index contributed by atoms with van der Waals surface area (Å²) in [6.45, 7) is 1.19. The summed E-state index contributed by atoms with van der Waals surface area (Å²) in [5.74, 6) is 0.830. The first-order chi connectivity index (χ1) is 11.2. The monoisotopic (exact) mass is 314 g/mol. The lowest BCUT2D eigenvalue weighted by molar-refractivity contribution is 0.190. The minimum atomic E-state index is -0.204. The topological polar surface area (TPSA) is 61.8 Å². The van der Waals surface area contributed by atoms with Crippen molar-refractivity contribution in [2.45, 2.75) is 13.2 Å². The van der Waals surface area contributed by atoms with Crippen LogP contribution in [0.3, 0.4) is 0 Å². The van der Waals surface area contributed by atoms with Crippen molar-refractivity contribution in [1.82, 2.24) is 10.2 Å². The second-order valence-corrected chi connectivity index (χ2v) is 5.23. The lowest BCUT2D eigenvalue weighted by Crippen LogP contribution is -2.38. The lowest BCUT2D eigenvalue weighted by Gasteiger charge is -2.16. The standard InChI is InChI=1S/C18H22N2O3/c1-20(10-11-21)18(22)19-13-15-6-5-7-16(12-15)14-23-17-8-3-2-4-9-17/h2-9,12,21H,10-11,13-14H2,1H3,(H,19,22). The summed E-state index contributed by atoms with van der Waals surface area (Å²) in [5.41, 5.74) is 2.05. The van der Waals surface area contributed by atoms with E-state index in [1.54, 1.807) is 7.05 Å². The molecule has 122 valence electrons. The Hall–Kier alpha value is -2.53. The van der Waals surface area contributed by atoms with Crippen molar-refractivity contribution in [2.24, 2.45) is 0 Å². The first kappa shape index (κ1) is 16.8. The van der Waals surface area contributed by atoms with Gasteiger partial charge in [0.15, 0.2) is 0 Å². The highest BCUT2D eigenvalue weighted by Crippen LogP contribution is 2.12. The molecular formula is C18H22N2O3. The highest BCUT2D eigenvalue weighted by molar-refractivity contribution is 5.73. The van der Waals surface area contributed by atoms with Crippen molar-refractivity contribution in [1.29, 1.82) is 0 Å². The van der Waals surface area contributed by atoms with Gasteiger partial charge in [0.25, 0.3) is 0 Å². The number of aliphatic hydroxyl groups is 1. The molecule has 0 atom stereocenters. The largest absolute Gasteiger partial charge is 0.489 e. The van der Waals surface area contributed by atoms with E-state index in [4.69, 9.17) is 9.84 Å². The predicted octanol–water partition coefficient (Wildman–Crippen LogP) is 2.40. The Labute approximate surface area is 136 Å². The maximum Gasteiger partial charge on any atom is 0.317 e. The Morgan fingerprint density at radius 1 is 1.13 bits per heavy atom. The smallest absolute Gasteiger partial charge is 0.317 e. The van der Waals surface area contributed by atoms with Crippen molar-refractivity contribution < 1.29 is 14.6 Å². The summed E-state index contributed by atoms with van der Waals surface area (Å²) in [6.07, 6.45) is 0. The molecule has 5 heteroatoms. The molecule has 0 unspecified atom stereocenters. The normalized spacial score (nSPS) is 10.2. The molecular weight excluding hydrogens is 292 g/mol. The number of benzene rings is 2. The van der Waals surface area contributed by atoms with Crippen LogP contribution < -0.4 is 10.1 Å². The molecule has 0 aliphatic heterocycles. The zero-order valence-corrected chi connectivity index (χ0v) is 13.2. The molecule has 0 radical (unpaired) electrons. The number of likely N-dealkylation sites (N-methyl/N-ethyl adjacent to an activating group) is 1. The van der Waals surface area contributed by atoms with Gasteiger partial charge in [-0.3, -0.25) is 0 Å². The minimum absolute atomic E-state index is 0.0454. The van der Waals surface area contributed by atoms with Crippen LogP contribution in [0.2, 0.25) is 0 Å². The molecule has 0 heterocycles. The Kier molecular flexibility index (Phi) is 6.44. The number of ether oxygens (including phenoxy) is 1. The highest BCUT2D eigenvalue weighted by Gasteiger charge is 2.07. The predicted molar refractivity (Wildman–Crippen MR) is 89.2 cm³/mol. The molecule has 2 N–H and O–H groups in total. The van der Waals surface area contributed by atoms with Crippen LogP contribution in [0.5, 0.6) is 5.75 Å². The number of urea groups is 1. The quantitative estimate of drug-likeness (QED) is 0.825. The van der Waals surface area contributed by atoms with Gasteiger partial charge in [-0.2, -0.15) is 0 Å². The second-order valence-electron chi connectivity index (χ2n) is 5.23. The molecule has 0 saturated carbocycles. The van der Waals surface area contributed by atoms with Crippen molar-refractivity contribution in [3.8, 4) is 5.75 Å². The molecule has 0 spiro atoms. The van der Waals surface area contributed by atoms with E-state index < -0.39 is 0 Å². The van der Waals surface area contributed by atoms with E-state index in [1.165, 1.54) is 4.90 Å². The van der Waals surface area contributed by atoms with Crippen LogP contribution in [0.15, 0.2) is 54.6 Å². The fourth-order valence-electron chi connectivity index (χ4n) is 2.08. The fraction of sp³-hybridized carbons (Fsp3) is 0.278. The number of hydrogen-bond donors (Lipinski definition) is 2. The van der Waals surface area contributed by atoms with E-state index in [0.717, 1.165) is 16.9 Å². The fourth-order valence-corrected chi connectivity index (χ4v) is 2.08. The van der Waals surface area contributed by atoms with Gasteiger partial charge in [-0.1, -0.05) is 42.5 Å². The Bertz CT molecular complexity index is 617. The van der Waals surface area contributed by atoms with Crippen LogP contribution in [0.4, 0.5) is 4.79 Å². The van der Waals surface area contributed by atoms with E-state index in [9.17, 15) is 4.79 Å². The average molecular weight is 314 g/mol. The SMILES string of the molecule is CN(CCO)C(=O)NCc1cccc(COc2ccccc2)c1. The number of aliphatic hydroxyl groups excluding tert-OH is 1. The van der Waals surface area contributed by atoms with Crippen LogP contribution in [0, 0.1) is 0 Å². The third kappa shape index (κ3) is 5.64. The van der Waals surface area contributed by atoms with E-state index in [2.05, 4.69) is 5.32 Å². The average Bonchev–Trinajstić information content (AvgIpc) is 2.59. The maximum atomic E-state index is 11.8. The summed E-state index contributed by atoms with van der Waals surface area (Å²) in [7, 11) is 1.65. The van der Waals surface area contributed by atoms with E-state index in [1.807, 2.05) is 54.6 Å². The van der Waals surface area contributed by atoms with Crippen LogP contribution in [0.1, 0.15) is 11.1 Å². The molecule has 5 nitrogen and oxygen atoms in total. The number of nitrogens with one attached hydrogen (secondary N) is 1. The van der Waals surface area contributed by atoms with Gasteiger partial charge < -0.3 is 20.1 Å². The van der Waals surface area contributed by atoms with Crippen LogP contribution in [-0.2, 0) is 13.2 Å². The molecule has 0 aliphatic carbocycles. The third-order valence-electron chi connectivity index (χ3n) is 3.37. The summed E-state index contributed by atoms with van der Waals surface area (Å²) in [4.78, 5) is 13.2. The maximum absolute atomic E-state index is 11.8. The molecule has 2 amide bonds. The van der Waals surface area contributed by atoms with E-state index in [-0.39, 0.29) is 12.6 Å². The first-order valence-electron chi connectivity index (χ1n) is 7.54. The number of rotatable bonds is 7. The molecule has 0 fully saturated rings. The molecule has 2 rings (SSSR count). The van der Waals surface area contributed by atoms with E-state index in [0.29, 0.717) is 19.7 Å². The number of hydrogen-bond acceptors (Lipinski definition) is 3. The minimum Gasteiger partial charge on any atom is -0.489 e. The van der Waals surface area contributed by atoms with Crippen molar-refractivity contribution >= 4 is 6.03 Å². The van der Waals surface area contributed by atoms with Crippen molar-refractivity contribution in [3.63, 3.8) is 0 Å². The van der Waals surface area contributed by atoms with Crippen molar-refractivity contribution in [3.05, 3.63) is 65.7 Å². The van der Waals surface area contributed by atoms with Gasteiger partial charge in [0, 0.05) is 20.1 Å². The van der Waals surface area contributed by atoms with Gasteiger partial charge in [0.1, 0.15) is 12.4 Å². The molecule has 0 aliphatic rings. The first-order valence-corrected chi connectivity index (χ1v) is 7.54. The molecule has 2 aromatic rings. The Morgan fingerprint density at radius 2 is 1.87 bits per heavy atom. The van der Waals surface area contributed by atoms with Gasteiger partial charge in [-0.25, -0.2) is 4.79 Å². The van der Waals surface area contributed by atoms with E-state index >= 15 is 0 Å². The Morgan fingerprint density at radius 3 is 2.61 bits per heavy atom. The summed E-state index contributed by atoms with van der Waals surface area (Å²) < 4.78 is 5.72.